The summed E-state index contributed by atoms with van der Waals surface area (Å²) >= 11 is 0. The molecular weight excluding hydrogens is 318 g/mol. The van der Waals surface area contributed by atoms with Crippen LogP contribution in [0.1, 0.15) is 33.5 Å². The summed E-state index contributed by atoms with van der Waals surface area (Å²) in [4.78, 5) is 25.2. The van der Waals surface area contributed by atoms with Crippen LogP contribution in [0.5, 0.6) is 0 Å². The van der Waals surface area contributed by atoms with Crippen molar-refractivity contribution in [2.75, 3.05) is 13.2 Å². The SMILES string of the molecule is O=C(O)c1ccc2c(c1)CN(C(=O)CCOCc1ccccc1)CC2. The molecule has 0 aliphatic carbocycles. The summed E-state index contributed by atoms with van der Waals surface area (Å²) in [5.74, 6) is -0.903. The van der Waals surface area contributed by atoms with E-state index >= 15 is 0 Å². The van der Waals surface area contributed by atoms with Crippen molar-refractivity contribution < 1.29 is 19.4 Å². The molecule has 1 aliphatic rings. The number of carbonyl (C=O) groups excluding carboxylic acids is 1. The maximum Gasteiger partial charge on any atom is 0.335 e. The van der Waals surface area contributed by atoms with E-state index in [0.717, 1.165) is 23.1 Å². The average Bonchev–Trinajstić information content (AvgIpc) is 2.65. The van der Waals surface area contributed by atoms with Crippen molar-refractivity contribution in [3.05, 3.63) is 70.8 Å². The van der Waals surface area contributed by atoms with Gasteiger partial charge in [0.15, 0.2) is 0 Å². The molecule has 1 heterocycles. The van der Waals surface area contributed by atoms with E-state index in [4.69, 9.17) is 9.84 Å². The highest BCUT2D eigenvalue weighted by atomic mass is 16.5. The Kier molecular flexibility index (Phi) is 5.46. The minimum Gasteiger partial charge on any atom is -0.478 e. The predicted molar refractivity (Wildman–Crippen MR) is 93.2 cm³/mol. The van der Waals surface area contributed by atoms with Crippen LogP contribution >= 0.6 is 0 Å². The van der Waals surface area contributed by atoms with Crippen molar-refractivity contribution in [2.24, 2.45) is 0 Å². The lowest BCUT2D eigenvalue weighted by molar-refractivity contribution is -0.133. The molecule has 2 aromatic carbocycles. The summed E-state index contributed by atoms with van der Waals surface area (Å²) in [6.45, 7) is 2.01. The molecule has 0 radical (unpaired) electrons. The molecule has 5 nitrogen and oxygen atoms in total. The van der Waals surface area contributed by atoms with E-state index in [1.807, 2.05) is 36.4 Å². The quantitative estimate of drug-likeness (QED) is 0.822. The molecule has 25 heavy (non-hydrogen) atoms. The predicted octanol–water partition coefficient (Wildman–Crippen LogP) is 2.88. The van der Waals surface area contributed by atoms with E-state index < -0.39 is 5.97 Å². The number of nitrogens with zero attached hydrogens (tertiary/aromatic N) is 1. The van der Waals surface area contributed by atoms with E-state index in [2.05, 4.69) is 0 Å². The number of ether oxygens (including phenoxy) is 1. The molecule has 1 amide bonds. The molecule has 0 atom stereocenters. The van der Waals surface area contributed by atoms with E-state index in [-0.39, 0.29) is 11.5 Å². The molecule has 0 aromatic heterocycles. The van der Waals surface area contributed by atoms with Gasteiger partial charge in [0.05, 0.1) is 25.2 Å². The Bertz CT molecular complexity index is 758. The average molecular weight is 339 g/mol. The Hall–Kier alpha value is -2.66. The second kappa shape index (κ2) is 7.94. The lowest BCUT2D eigenvalue weighted by atomic mass is 9.97. The molecule has 0 saturated heterocycles. The molecule has 1 aliphatic heterocycles. The number of benzene rings is 2. The molecule has 0 saturated carbocycles. The molecule has 1 N–H and O–H groups in total. The maximum atomic E-state index is 12.4. The molecular formula is C20H21NO4. The van der Waals surface area contributed by atoms with Crippen molar-refractivity contribution in [3.8, 4) is 0 Å². The lowest BCUT2D eigenvalue weighted by Gasteiger charge is -2.29. The van der Waals surface area contributed by atoms with Gasteiger partial charge in [0.1, 0.15) is 0 Å². The Balaban J connectivity index is 1.50. The smallest absolute Gasteiger partial charge is 0.335 e. The van der Waals surface area contributed by atoms with Gasteiger partial charge < -0.3 is 14.7 Å². The van der Waals surface area contributed by atoms with Crippen LogP contribution in [0, 0.1) is 0 Å². The van der Waals surface area contributed by atoms with Crippen molar-refractivity contribution >= 4 is 11.9 Å². The highest BCUT2D eigenvalue weighted by molar-refractivity contribution is 5.88. The van der Waals surface area contributed by atoms with Gasteiger partial charge in [0.2, 0.25) is 5.91 Å². The van der Waals surface area contributed by atoms with E-state index in [1.54, 1.807) is 17.0 Å². The zero-order valence-corrected chi connectivity index (χ0v) is 14.0. The van der Waals surface area contributed by atoms with Gasteiger partial charge in [-0.15, -0.1) is 0 Å². The molecule has 3 rings (SSSR count). The number of rotatable bonds is 6. The minimum absolute atomic E-state index is 0.0411. The fourth-order valence-corrected chi connectivity index (χ4v) is 2.98. The van der Waals surface area contributed by atoms with Gasteiger partial charge in [-0.3, -0.25) is 4.79 Å². The molecule has 0 bridgehead atoms. The van der Waals surface area contributed by atoms with E-state index in [9.17, 15) is 9.59 Å². The van der Waals surface area contributed by atoms with Gasteiger partial charge in [-0.05, 0) is 35.2 Å². The maximum absolute atomic E-state index is 12.4. The summed E-state index contributed by atoms with van der Waals surface area (Å²) < 4.78 is 5.58. The van der Waals surface area contributed by atoms with Crippen molar-refractivity contribution in [3.63, 3.8) is 0 Å². The summed E-state index contributed by atoms with van der Waals surface area (Å²) in [6, 6.07) is 15.0. The Morgan fingerprint density at radius 2 is 1.88 bits per heavy atom. The lowest BCUT2D eigenvalue weighted by Crippen LogP contribution is -2.36. The van der Waals surface area contributed by atoms with Crippen LogP contribution in [0.3, 0.4) is 0 Å². The normalized spacial score (nSPS) is 13.4. The zero-order chi connectivity index (χ0) is 17.6. The monoisotopic (exact) mass is 339 g/mol. The molecule has 130 valence electrons. The van der Waals surface area contributed by atoms with Crippen LogP contribution < -0.4 is 0 Å². The first-order valence-electron chi connectivity index (χ1n) is 8.38. The number of hydrogen-bond acceptors (Lipinski definition) is 3. The van der Waals surface area contributed by atoms with Crippen molar-refractivity contribution in [1.29, 1.82) is 0 Å². The third-order valence-corrected chi connectivity index (χ3v) is 4.39. The Morgan fingerprint density at radius 3 is 2.64 bits per heavy atom. The molecule has 0 unspecified atom stereocenters. The molecule has 5 heteroatoms. The van der Waals surface area contributed by atoms with Gasteiger partial charge in [0.25, 0.3) is 0 Å². The van der Waals surface area contributed by atoms with Crippen LogP contribution in [0.2, 0.25) is 0 Å². The van der Waals surface area contributed by atoms with E-state index in [1.165, 1.54) is 0 Å². The topological polar surface area (TPSA) is 66.8 Å². The van der Waals surface area contributed by atoms with E-state index in [0.29, 0.717) is 32.7 Å². The van der Waals surface area contributed by atoms with Crippen LogP contribution in [0.25, 0.3) is 0 Å². The van der Waals surface area contributed by atoms with Crippen LogP contribution in [0.15, 0.2) is 48.5 Å². The standard InChI is InChI=1S/C20H21NO4/c22-19(9-11-25-14-15-4-2-1-3-5-15)21-10-8-16-6-7-17(20(23)24)12-18(16)13-21/h1-7,12H,8-11,13-14H2,(H,23,24). The van der Waals surface area contributed by atoms with Crippen LogP contribution in [-0.4, -0.2) is 35.0 Å². The zero-order valence-electron chi connectivity index (χ0n) is 14.0. The fraction of sp³-hybridized carbons (Fsp3) is 0.300. The largest absolute Gasteiger partial charge is 0.478 e. The van der Waals surface area contributed by atoms with Crippen molar-refractivity contribution in [2.45, 2.75) is 26.0 Å². The number of carboxylic acids is 1. The van der Waals surface area contributed by atoms with Gasteiger partial charge in [-0.1, -0.05) is 36.4 Å². The highest BCUT2D eigenvalue weighted by Crippen LogP contribution is 2.21. The second-order valence-electron chi connectivity index (χ2n) is 6.14. The third kappa shape index (κ3) is 4.45. The summed E-state index contributed by atoms with van der Waals surface area (Å²) in [5, 5.41) is 9.10. The minimum atomic E-state index is -0.944. The Morgan fingerprint density at radius 1 is 1.08 bits per heavy atom. The number of aromatic carboxylic acids is 1. The van der Waals surface area contributed by atoms with Gasteiger partial charge in [-0.25, -0.2) is 4.79 Å². The summed E-state index contributed by atoms with van der Waals surface area (Å²) in [6.07, 6.45) is 1.09. The number of hydrogen-bond donors (Lipinski definition) is 1. The summed E-state index contributed by atoms with van der Waals surface area (Å²) in [5.41, 5.74) is 3.39. The number of carboxylic acid groups (broad SMARTS) is 1. The third-order valence-electron chi connectivity index (χ3n) is 4.39. The molecule has 0 spiro atoms. The van der Waals surface area contributed by atoms with Gasteiger partial charge in [0, 0.05) is 13.1 Å². The number of fused-ring (bicyclic) bond motifs is 1. The second-order valence-corrected chi connectivity index (χ2v) is 6.14. The van der Waals surface area contributed by atoms with Crippen LogP contribution in [-0.2, 0) is 29.1 Å². The van der Waals surface area contributed by atoms with Crippen LogP contribution in [0.4, 0.5) is 0 Å². The molecule has 0 fully saturated rings. The highest BCUT2D eigenvalue weighted by Gasteiger charge is 2.21. The van der Waals surface area contributed by atoms with Crippen molar-refractivity contribution in [1.82, 2.24) is 4.90 Å². The molecule has 2 aromatic rings. The van der Waals surface area contributed by atoms with Gasteiger partial charge in [-0.2, -0.15) is 0 Å². The number of amides is 1. The van der Waals surface area contributed by atoms with Gasteiger partial charge >= 0.3 is 5.97 Å². The summed E-state index contributed by atoms with van der Waals surface area (Å²) in [7, 11) is 0. The number of carbonyl (C=O) groups is 2. The first-order valence-corrected chi connectivity index (χ1v) is 8.38. The Labute approximate surface area is 146 Å². The first kappa shape index (κ1) is 17.2. The first-order chi connectivity index (χ1) is 12.1. The fourth-order valence-electron chi connectivity index (χ4n) is 2.98.